The maximum absolute atomic E-state index is 9.84. The van der Waals surface area contributed by atoms with Gasteiger partial charge in [-0.2, -0.15) is 0 Å². The molecule has 0 atom stereocenters. The van der Waals surface area contributed by atoms with E-state index in [1.54, 1.807) is 0 Å². The van der Waals surface area contributed by atoms with E-state index in [1.807, 2.05) is 18.2 Å². The normalized spacial score (nSPS) is 12.2. The summed E-state index contributed by atoms with van der Waals surface area (Å²) in [5.41, 5.74) is 1.22. The molecular weight excluding hydrogens is 206 g/mol. The Morgan fingerprint density at radius 2 is 2.12 bits per heavy atom. The standard InChI is InChI=1S/C12H13NO3/c14-8-13-6-2-1-3-10-4-5-11-12(7-10)16-9-15-11/h4-5,7H,1-3,6,9H2. The van der Waals surface area contributed by atoms with Crippen LogP contribution in [0.15, 0.2) is 23.2 Å². The van der Waals surface area contributed by atoms with Crippen LogP contribution in [0.25, 0.3) is 0 Å². The van der Waals surface area contributed by atoms with Crippen molar-refractivity contribution in [1.82, 2.24) is 0 Å². The third-order valence-corrected chi connectivity index (χ3v) is 2.49. The van der Waals surface area contributed by atoms with Gasteiger partial charge < -0.3 is 9.47 Å². The number of aliphatic imine (C=N–C) groups is 1. The van der Waals surface area contributed by atoms with Crippen LogP contribution < -0.4 is 9.47 Å². The minimum Gasteiger partial charge on any atom is -0.454 e. The number of ether oxygens (including phenoxy) is 2. The van der Waals surface area contributed by atoms with Crippen LogP contribution in [0, 0.1) is 0 Å². The fourth-order valence-corrected chi connectivity index (χ4v) is 1.66. The Morgan fingerprint density at radius 3 is 3.00 bits per heavy atom. The number of aryl methyl sites for hydroxylation is 1. The van der Waals surface area contributed by atoms with Crippen molar-refractivity contribution in [3.05, 3.63) is 23.8 Å². The first-order valence-electron chi connectivity index (χ1n) is 5.32. The van der Waals surface area contributed by atoms with Crippen molar-refractivity contribution in [3.8, 4) is 11.5 Å². The molecule has 0 amide bonds. The number of nitrogens with zero attached hydrogens (tertiary/aromatic N) is 1. The molecule has 0 fully saturated rings. The third-order valence-electron chi connectivity index (χ3n) is 2.49. The lowest BCUT2D eigenvalue weighted by molar-refractivity contribution is 0.174. The molecule has 4 nitrogen and oxygen atoms in total. The summed E-state index contributed by atoms with van der Waals surface area (Å²) in [5, 5.41) is 0. The summed E-state index contributed by atoms with van der Waals surface area (Å²) in [6, 6.07) is 5.98. The average Bonchev–Trinajstić information content (AvgIpc) is 2.76. The van der Waals surface area contributed by atoms with Crippen molar-refractivity contribution in [1.29, 1.82) is 0 Å². The van der Waals surface area contributed by atoms with Gasteiger partial charge in [0.15, 0.2) is 11.5 Å². The molecule has 0 aromatic heterocycles. The molecule has 0 saturated carbocycles. The molecule has 1 aliphatic heterocycles. The molecule has 84 valence electrons. The van der Waals surface area contributed by atoms with Gasteiger partial charge in [-0.3, -0.25) is 0 Å². The summed E-state index contributed by atoms with van der Waals surface area (Å²) < 4.78 is 10.5. The number of carbonyl (C=O) groups excluding carboxylic acids is 1. The predicted octanol–water partition coefficient (Wildman–Crippen LogP) is 2.07. The van der Waals surface area contributed by atoms with Crippen molar-refractivity contribution in [2.45, 2.75) is 19.3 Å². The highest BCUT2D eigenvalue weighted by Gasteiger charge is 2.12. The van der Waals surface area contributed by atoms with E-state index in [9.17, 15) is 4.79 Å². The third kappa shape index (κ3) is 2.61. The number of fused-ring (bicyclic) bond motifs is 1. The smallest absolute Gasteiger partial charge is 0.234 e. The van der Waals surface area contributed by atoms with Crippen molar-refractivity contribution in [2.24, 2.45) is 4.99 Å². The molecule has 0 unspecified atom stereocenters. The molecule has 16 heavy (non-hydrogen) atoms. The van der Waals surface area contributed by atoms with Crippen LogP contribution in [-0.2, 0) is 11.2 Å². The monoisotopic (exact) mass is 219 g/mol. The first kappa shape index (κ1) is 10.7. The van der Waals surface area contributed by atoms with E-state index < -0.39 is 0 Å². The van der Waals surface area contributed by atoms with E-state index in [2.05, 4.69) is 4.99 Å². The van der Waals surface area contributed by atoms with Crippen LogP contribution in [0.1, 0.15) is 18.4 Å². The highest BCUT2D eigenvalue weighted by Crippen LogP contribution is 2.32. The second-order valence-electron chi connectivity index (χ2n) is 3.62. The van der Waals surface area contributed by atoms with E-state index in [4.69, 9.17) is 9.47 Å². The highest BCUT2D eigenvalue weighted by atomic mass is 16.7. The lowest BCUT2D eigenvalue weighted by Crippen LogP contribution is -1.93. The number of hydrogen-bond donors (Lipinski definition) is 0. The van der Waals surface area contributed by atoms with E-state index >= 15 is 0 Å². The molecule has 2 rings (SSSR count). The van der Waals surface area contributed by atoms with E-state index in [0.29, 0.717) is 13.3 Å². The van der Waals surface area contributed by atoms with Crippen LogP contribution in [-0.4, -0.2) is 19.4 Å². The molecule has 1 aliphatic rings. The Kier molecular flexibility index (Phi) is 3.57. The van der Waals surface area contributed by atoms with Crippen LogP contribution in [0.2, 0.25) is 0 Å². The predicted molar refractivity (Wildman–Crippen MR) is 58.5 cm³/mol. The van der Waals surface area contributed by atoms with Gasteiger partial charge in [0.05, 0.1) is 6.54 Å². The Bertz CT molecular complexity index is 411. The van der Waals surface area contributed by atoms with Crippen LogP contribution in [0.5, 0.6) is 11.5 Å². The van der Waals surface area contributed by atoms with E-state index in [-0.39, 0.29) is 0 Å². The van der Waals surface area contributed by atoms with Crippen LogP contribution >= 0.6 is 0 Å². The molecule has 0 spiro atoms. The Morgan fingerprint density at radius 1 is 1.25 bits per heavy atom. The molecule has 0 N–H and O–H groups in total. The first-order chi connectivity index (χ1) is 7.90. The minimum atomic E-state index is 0.312. The van der Waals surface area contributed by atoms with Gasteiger partial charge in [0.2, 0.25) is 12.9 Å². The molecule has 0 aliphatic carbocycles. The topological polar surface area (TPSA) is 47.9 Å². The zero-order valence-electron chi connectivity index (χ0n) is 8.94. The molecule has 0 radical (unpaired) electrons. The van der Waals surface area contributed by atoms with Gasteiger partial charge >= 0.3 is 0 Å². The molecular formula is C12H13NO3. The van der Waals surface area contributed by atoms with Crippen molar-refractivity contribution < 1.29 is 14.3 Å². The molecule has 0 saturated heterocycles. The lowest BCUT2D eigenvalue weighted by atomic mass is 10.1. The highest BCUT2D eigenvalue weighted by molar-refractivity contribution is 5.44. The van der Waals surface area contributed by atoms with Gasteiger partial charge in [0.25, 0.3) is 0 Å². The summed E-state index contributed by atoms with van der Waals surface area (Å²) in [4.78, 5) is 13.4. The van der Waals surface area contributed by atoms with Crippen LogP contribution in [0.4, 0.5) is 0 Å². The largest absolute Gasteiger partial charge is 0.454 e. The Balaban J connectivity index is 1.83. The number of hydrogen-bond acceptors (Lipinski definition) is 4. The maximum Gasteiger partial charge on any atom is 0.234 e. The van der Waals surface area contributed by atoms with Gasteiger partial charge in [0.1, 0.15) is 0 Å². The van der Waals surface area contributed by atoms with E-state index in [1.165, 1.54) is 11.6 Å². The zero-order valence-corrected chi connectivity index (χ0v) is 8.94. The Hall–Kier alpha value is -1.80. The molecule has 1 heterocycles. The van der Waals surface area contributed by atoms with Crippen LogP contribution in [0.3, 0.4) is 0 Å². The van der Waals surface area contributed by atoms with Gasteiger partial charge in [-0.1, -0.05) is 6.07 Å². The van der Waals surface area contributed by atoms with Gasteiger partial charge in [0, 0.05) is 0 Å². The van der Waals surface area contributed by atoms with Gasteiger partial charge in [-0.25, -0.2) is 9.79 Å². The number of benzene rings is 1. The quantitative estimate of drug-likeness (QED) is 0.432. The Labute approximate surface area is 93.9 Å². The molecule has 4 heteroatoms. The van der Waals surface area contributed by atoms with E-state index in [0.717, 1.165) is 30.8 Å². The fraction of sp³-hybridized carbons (Fsp3) is 0.417. The summed E-state index contributed by atoms with van der Waals surface area (Å²) in [6.45, 7) is 0.876. The average molecular weight is 219 g/mol. The number of isocyanates is 1. The molecule has 0 bridgehead atoms. The second-order valence-corrected chi connectivity index (χ2v) is 3.62. The van der Waals surface area contributed by atoms with Crippen molar-refractivity contribution in [3.63, 3.8) is 0 Å². The maximum atomic E-state index is 9.84. The molecule has 1 aromatic rings. The van der Waals surface area contributed by atoms with Gasteiger partial charge in [-0.15, -0.1) is 0 Å². The lowest BCUT2D eigenvalue weighted by Gasteiger charge is -2.01. The SMILES string of the molecule is O=C=NCCCCc1ccc2c(c1)OCO2. The fourth-order valence-electron chi connectivity index (χ4n) is 1.66. The summed E-state index contributed by atoms with van der Waals surface area (Å²) in [5.74, 6) is 1.64. The summed E-state index contributed by atoms with van der Waals surface area (Å²) in [6.07, 6.45) is 4.41. The molecule has 1 aromatic carbocycles. The summed E-state index contributed by atoms with van der Waals surface area (Å²) in [7, 11) is 0. The zero-order chi connectivity index (χ0) is 11.2. The van der Waals surface area contributed by atoms with Gasteiger partial charge in [-0.05, 0) is 37.0 Å². The van der Waals surface area contributed by atoms with Crippen molar-refractivity contribution >= 4 is 6.08 Å². The summed E-state index contributed by atoms with van der Waals surface area (Å²) >= 11 is 0. The van der Waals surface area contributed by atoms with Crippen molar-refractivity contribution in [2.75, 3.05) is 13.3 Å². The first-order valence-corrected chi connectivity index (χ1v) is 5.32. The number of rotatable bonds is 5. The second kappa shape index (κ2) is 5.33. The minimum absolute atomic E-state index is 0.312. The number of unbranched alkanes of at least 4 members (excludes halogenated alkanes) is 1.